The second-order valence-electron chi connectivity index (χ2n) is 7.37. The van der Waals surface area contributed by atoms with Gasteiger partial charge in [-0.1, -0.05) is 26.0 Å². The topological polar surface area (TPSA) is 110 Å². The van der Waals surface area contributed by atoms with Crippen LogP contribution in [-0.4, -0.2) is 34.1 Å². The molecule has 1 heterocycles. The maximum atomic E-state index is 13.1. The Labute approximate surface area is 174 Å². The van der Waals surface area contributed by atoms with Gasteiger partial charge in [0.1, 0.15) is 5.54 Å². The Hall–Kier alpha value is -3.55. The number of nitro groups is 1. The summed E-state index contributed by atoms with van der Waals surface area (Å²) in [5.41, 5.74) is 1.27. The van der Waals surface area contributed by atoms with E-state index in [1.54, 1.807) is 0 Å². The van der Waals surface area contributed by atoms with Gasteiger partial charge in [0.05, 0.1) is 11.5 Å². The third-order valence-corrected chi connectivity index (χ3v) is 5.50. The summed E-state index contributed by atoms with van der Waals surface area (Å²) >= 11 is 0. The van der Waals surface area contributed by atoms with Gasteiger partial charge < -0.3 is 5.32 Å². The predicted molar refractivity (Wildman–Crippen MR) is 110 cm³/mol. The van der Waals surface area contributed by atoms with Crippen molar-refractivity contribution in [3.8, 4) is 0 Å². The summed E-state index contributed by atoms with van der Waals surface area (Å²) in [5.74, 6) is -0.877. The quantitative estimate of drug-likeness (QED) is 0.326. The monoisotopic (exact) mass is 409 g/mol. The number of nitrogens with one attached hydrogen (secondary N) is 1. The van der Waals surface area contributed by atoms with Crippen molar-refractivity contribution in [3.63, 3.8) is 0 Å². The fraction of sp³-hybridized carbons (Fsp3) is 0.318. The predicted octanol–water partition coefficient (Wildman–Crippen LogP) is 3.37. The minimum atomic E-state index is -1.40. The Balaban J connectivity index is 1.86. The molecule has 2 aromatic carbocycles. The number of nitro benzene ring substituents is 1. The molecule has 1 saturated heterocycles. The van der Waals surface area contributed by atoms with Gasteiger partial charge in [-0.25, -0.2) is 4.79 Å². The number of carbonyl (C=O) groups is 3. The molecule has 3 rings (SSSR count). The third-order valence-electron chi connectivity index (χ3n) is 5.50. The highest BCUT2D eigenvalue weighted by atomic mass is 16.6. The first-order valence-corrected chi connectivity index (χ1v) is 9.75. The highest BCUT2D eigenvalue weighted by molar-refractivity contribution is 6.11. The van der Waals surface area contributed by atoms with Crippen LogP contribution in [0.15, 0.2) is 42.5 Å². The Morgan fingerprint density at radius 3 is 2.33 bits per heavy atom. The maximum absolute atomic E-state index is 13.1. The summed E-state index contributed by atoms with van der Waals surface area (Å²) in [6, 6.07) is 10.4. The number of Topliss-reactive ketones (excluding diaryl/α,β-unsaturated/α-hetero) is 1. The molecule has 156 valence electrons. The standard InChI is InChI=1S/C22H23N3O5/c1-4-14-6-7-15(5-2)18(12-14)19(26)13-24-20(27)22(3,23-21(24)28)16-8-10-17(11-9-16)25(29)30/h6-12H,4-5,13H2,1-3H3,(H,23,28). The second-order valence-corrected chi connectivity index (χ2v) is 7.37. The first-order valence-electron chi connectivity index (χ1n) is 9.75. The van der Waals surface area contributed by atoms with Crippen molar-refractivity contribution in [2.75, 3.05) is 6.54 Å². The van der Waals surface area contributed by atoms with Crippen LogP contribution in [0.5, 0.6) is 0 Å². The summed E-state index contributed by atoms with van der Waals surface area (Å²) in [5, 5.41) is 13.5. The van der Waals surface area contributed by atoms with Crippen LogP contribution in [0.3, 0.4) is 0 Å². The number of ketones is 1. The van der Waals surface area contributed by atoms with Gasteiger partial charge in [0.15, 0.2) is 5.78 Å². The Morgan fingerprint density at radius 2 is 1.77 bits per heavy atom. The largest absolute Gasteiger partial charge is 0.325 e. The molecule has 0 bridgehead atoms. The van der Waals surface area contributed by atoms with E-state index < -0.39 is 22.4 Å². The number of non-ortho nitro benzene ring substituents is 1. The number of benzene rings is 2. The lowest BCUT2D eigenvalue weighted by molar-refractivity contribution is -0.384. The van der Waals surface area contributed by atoms with Gasteiger partial charge in [-0.2, -0.15) is 0 Å². The first-order chi connectivity index (χ1) is 14.2. The zero-order chi connectivity index (χ0) is 22.1. The van der Waals surface area contributed by atoms with Gasteiger partial charge in [-0.05, 0) is 54.7 Å². The van der Waals surface area contributed by atoms with E-state index in [0.717, 1.165) is 22.4 Å². The molecule has 2 aromatic rings. The molecular formula is C22H23N3O5. The van der Waals surface area contributed by atoms with E-state index >= 15 is 0 Å². The number of amides is 3. The SMILES string of the molecule is CCc1ccc(CC)c(C(=O)CN2C(=O)NC(C)(c3ccc([N+](=O)[O-])cc3)C2=O)c1. The zero-order valence-electron chi connectivity index (χ0n) is 17.1. The molecule has 0 aliphatic carbocycles. The zero-order valence-corrected chi connectivity index (χ0v) is 17.1. The first kappa shape index (κ1) is 21.2. The van der Waals surface area contributed by atoms with Gasteiger partial charge in [-0.15, -0.1) is 0 Å². The van der Waals surface area contributed by atoms with Crippen LogP contribution in [0.25, 0.3) is 0 Å². The Morgan fingerprint density at radius 1 is 1.10 bits per heavy atom. The van der Waals surface area contributed by atoms with E-state index in [2.05, 4.69) is 5.32 Å². The van der Waals surface area contributed by atoms with Crippen LogP contribution in [0, 0.1) is 10.1 Å². The molecule has 8 heteroatoms. The molecule has 0 saturated carbocycles. The van der Waals surface area contributed by atoms with Crippen LogP contribution >= 0.6 is 0 Å². The fourth-order valence-electron chi connectivity index (χ4n) is 3.59. The van der Waals surface area contributed by atoms with Crippen molar-refractivity contribution in [2.45, 2.75) is 39.2 Å². The lowest BCUT2D eigenvalue weighted by Gasteiger charge is -2.22. The van der Waals surface area contributed by atoms with E-state index in [1.807, 2.05) is 32.0 Å². The number of hydrogen-bond donors (Lipinski definition) is 1. The van der Waals surface area contributed by atoms with Crippen molar-refractivity contribution in [3.05, 3.63) is 74.8 Å². The second kappa shape index (κ2) is 8.06. The number of nitrogens with zero attached hydrogens (tertiary/aromatic N) is 2. The van der Waals surface area contributed by atoms with E-state index in [-0.39, 0.29) is 18.0 Å². The molecule has 0 radical (unpaired) electrons. The summed E-state index contributed by atoms with van der Waals surface area (Å²) in [7, 11) is 0. The van der Waals surface area contributed by atoms with Gasteiger partial charge in [0.2, 0.25) is 0 Å². The molecule has 1 aliphatic rings. The normalized spacial score (nSPS) is 18.4. The van der Waals surface area contributed by atoms with Crippen molar-refractivity contribution in [2.24, 2.45) is 0 Å². The van der Waals surface area contributed by atoms with Gasteiger partial charge in [-0.3, -0.25) is 24.6 Å². The summed E-state index contributed by atoms with van der Waals surface area (Å²) in [6.45, 7) is 5.08. The number of carbonyl (C=O) groups excluding carboxylic acids is 3. The van der Waals surface area contributed by atoms with Crippen LogP contribution in [0.4, 0.5) is 10.5 Å². The van der Waals surface area contributed by atoms with Gasteiger partial charge in [0, 0.05) is 17.7 Å². The molecule has 1 aliphatic heterocycles. The van der Waals surface area contributed by atoms with Crippen LogP contribution < -0.4 is 5.32 Å². The number of rotatable bonds is 7. The fourth-order valence-corrected chi connectivity index (χ4v) is 3.59. The Bertz CT molecular complexity index is 1030. The smallest absolute Gasteiger partial charge is 0.319 e. The van der Waals surface area contributed by atoms with E-state index in [1.165, 1.54) is 31.2 Å². The molecular weight excluding hydrogens is 386 g/mol. The van der Waals surface area contributed by atoms with Crippen LogP contribution in [0.1, 0.15) is 47.8 Å². The average Bonchev–Trinajstić information content (AvgIpc) is 2.97. The highest BCUT2D eigenvalue weighted by Gasteiger charge is 2.49. The molecule has 3 amide bonds. The average molecular weight is 409 g/mol. The highest BCUT2D eigenvalue weighted by Crippen LogP contribution is 2.30. The van der Waals surface area contributed by atoms with E-state index in [4.69, 9.17) is 0 Å². The summed E-state index contributed by atoms with van der Waals surface area (Å²) in [6.07, 6.45) is 1.43. The minimum absolute atomic E-state index is 0.117. The van der Waals surface area contributed by atoms with E-state index in [0.29, 0.717) is 17.5 Å². The lowest BCUT2D eigenvalue weighted by atomic mass is 9.91. The summed E-state index contributed by atoms with van der Waals surface area (Å²) in [4.78, 5) is 49.8. The van der Waals surface area contributed by atoms with Crippen LogP contribution in [0.2, 0.25) is 0 Å². The molecule has 0 spiro atoms. The summed E-state index contributed by atoms with van der Waals surface area (Å²) < 4.78 is 0. The number of aryl methyl sites for hydroxylation is 2. The lowest BCUT2D eigenvalue weighted by Crippen LogP contribution is -2.41. The minimum Gasteiger partial charge on any atom is -0.319 e. The van der Waals surface area contributed by atoms with Crippen molar-refractivity contribution in [1.29, 1.82) is 0 Å². The van der Waals surface area contributed by atoms with Gasteiger partial charge in [0.25, 0.3) is 11.6 Å². The molecule has 0 aromatic heterocycles. The molecule has 1 atom stereocenters. The molecule has 1 N–H and O–H groups in total. The number of urea groups is 1. The Kier molecular flexibility index (Phi) is 5.69. The van der Waals surface area contributed by atoms with Crippen molar-refractivity contribution in [1.82, 2.24) is 10.2 Å². The molecule has 8 nitrogen and oxygen atoms in total. The van der Waals surface area contributed by atoms with Crippen molar-refractivity contribution >= 4 is 23.4 Å². The molecule has 1 unspecified atom stereocenters. The number of imide groups is 1. The third kappa shape index (κ3) is 3.68. The number of hydrogen-bond acceptors (Lipinski definition) is 5. The van der Waals surface area contributed by atoms with Gasteiger partial charge >= 0.3 is 6.03 Å². The molecule has 1 fully saturated rings. The maximum Gasteiger partial charge on any atom is 0.325 e. The molecule has 30 heavy (non-hydrogen) atoms. The van der Waals surface area contributed by atoms with Crippen molar-refractivity contribution < 1.29 is 19.3 Å². The van der Waals surface area contributed by atoms with E-state index in [9.17, 15) is 24.5 Å². The van der Waals surface area contributed by atoms with Crippen LogP contribution in [-0.2, 0) is 23.2 Å².